The highest BCUT2D eigenvalue weighted by Crippen LogP contribution is 2.26. The summed E-state index contributed by atoms with van der Waals surface area (Å²) in [4.78, 5) is 19.5. The molecule has 0 saturated carbocycles. The number of anilines is 1. The monoisotopic (exact) mass is 331 g/mol. The van der Waals surface area contributed by atoms with Crippen LogP contribution in [-0.2, 0) is 6.42 Å². The van der Waals surface area contributed by atoms with Gasteiger partial charge in [-0.05, 0) is 24.6 Å². The summed E-state index contributed by atoms with van der Waals surface area (Å²) >= 11 is 0. The summed E-state index contributed by atoms with van der Waals surface area (Å²) in [5, 5.41) is 4.28. The molecule has 0 aliphatic rings. The zero-order valence-corrected chi connectivity index (χ0v) is 14.2. The van der Waals surface area contributed by atoms with Gasteiger partial charge in [0.05, 0.1) is 0 Å². The molecule has 2 heterocycles. The third-order valence-electron chi connectivity index (χ3n) is 3.60. The van der Waals surface area contributed by atoms with Crippen LogP contribution >= 0.6 is 9.03 Å². The Morgan fingerprint density at radius 2 is 2.00 bits per heavy atom. The number of fused-ring (bicyclic) bond motifs is 1. The number of aryl methyl sites for hydroxylation is 1. The number of benzene rings is 1. The third kappa shape index (κ3) is 3.11. The molecular weight excluding hydrogens is 313 g/mol. The second-order valence-corrected chi connectivity index (χ2v) is 5.77. The van der Waals surface area contributed by atoms with Crippen molar-refractivity contribution in [3.8, 4) is 5.75 Å². The summed E-state index contributed by atoms with van der Waals surface area (Å²) in [6.07, 6.45) is 2.24. The maximum atomic E-state index is 8.81. The lowest BCUT2D eigenvalue weighted by molar-refractivity contribution is 0.514. The Kier molecular flexibility index (Phi) is 4.41. The normalized spacial score (nSPS) is 11.5. The van der Waals surface area contributed by atoms with E-state index < -0.39 is 9.03 Å². The smallest absolute Gasteiger partial charge is 0.254 e. The van der Waals surface area contributed by atoms with E-state index in [1.54, 1.807) is 4.52 Å². The van der Waals surface area contributed by atoms with Gasteiger partial charge < -0.3 is 14.3 Å². The van der Waals surface area contributed by atoms with Crippen LogP contribution in [-0.4, -0.2) is 38.6 Å². The Balaban J connectivity index is 2.01. The summed E-state index contributed by atoms with van der Waals surface area (Å²) in [5.74, 6) is 2.23. The molecule has 0 saturated heterocycles. The van der Waals surface area contributed by atoms with Gasteiger partial charge in [0.2, 0.25) is 9.03 Å². The molecule has 1 unspecified atom stereocenters. The minimum absolute atomic E-state index is 0.545. The number of rotatable bonds is 5. The first-order valence-electron chi connectivity index (χ1n) is 7.11. The van der Waals surface area contributed by atoms with Crippen LogP contribution in [0.2, 0.25) is 0 Å². The molecule has 0 bridgehead atoms. The number of hydrogen-bond acceptors (Lipinski definition) is 6. The Labute approximate surface area is 135 Å². The van der Waals surface area contributed by atoms with Crippen LogP contribution in [0.4, 0.5) is 5.82 Å². The molecule has 0 spiro atoms. The average Bonchev–Trinajstić information content (AvgIpc) is 2.97. The SMILES string of the molecule is Cc1nc2ncnn2c(N(C)C)c1Cc1ccc(OPO)cc1. The maximum absolute atomic E-state index is 8.81. The van der Waals surface area contributed by atoms with Crippen molar-refractivity contribution >= 4 is 20.6 Å². The fourth-order valence-corrected chi connectivity index (χ4v) is 2.81. The number of nitrogens with zero attached hydrogens (tertiary/aromatic N) is 5. The number of hydrogen-bond donors (Lipinski definition) is 1. The molecule has 7 nitrogen and oxygen atoms in total. The summed E-state index contributed by atoms with van der Waals surface area (Å²) < 4.78 is 6.84. The Hall–Kier alpha value is -2.24. The lowest BCUT2D eigenvalue weighted by Crippen LogP contribution is -2.18. The van der Waals surface area contributed by atoms with Crippen molar-refractivity contribution in [2.45, 2.75) is 13.3 Å². The van der Waals surface area contributed by atoms with E-state index in [0.29, 0.717) is 11.5 Å². The second-order valence-electron chi connectivity index (χ2n) is 5.38. The van der Waals surface area contributed by atoms with Gasteiger partial charge >= 0.3 is 0 Å². The topological polar surface area (TPSA) is 75.8 Å². The van der Waals surface area contributed by atoms with Gasteiger partial charge in [0.15, 0.2) is 0 Å². The zero-order valence-electron chi connectivity index (χ0n) is 13.2. The highest BCUT2D eigenvalue weighted by atomic mass is 31.1. The molecule has 1 atom stereocenters. The Bertz CT molecular complexity index is 817. The van der Waals surface area contributed by atoms with E-state index in [2.05, 4.69) is 15.1 Å². The zero-order chi connectivity index (χ0) is 16.4. The molecule has 1 aromatic carbocycles. The molecule has 120 valence electrons. The van der Waals surface area contributed by atoms with Crippen molar-refractivity contribution in [2.24, 2.45) is 0 Å². The van der Waals surface area contributed by atoms with E-state index in [1.165, 1.54) is 6.33 Å². The molecule has 0 fully saturated rings. The lowest BCUT2D eigenvalue weighted by Gasteiger charge is -2.19. The van der Waals surface area contributed by atoms with Gasteiger partial charge in [0, 0.05) is 31.8 Å². The van der Waals surface area contributed by atoms with E-state index >= 15 is 0 Å². The second kappa shape index (κ2) is 6.48. The van der Waals surface area contributed by atoms with E-state index in [0.717, 1.165) is 29.1 Å². The van der Waals surface area contributed by atoms with Crippen molar-refractivity contribution in [1.82, 2.24) is 19.6 Å². The molecule has 23 heavy (non-hydrogen) atoms. The standard InChI is InChI=1S/C15H18N5O2P/c1-10-13(8-11-4-6-12(7-5-11)22-23-21)14(19(2)3)20-15(18-10)16-9-17-20/h4-7,9,21,23H,8H2,1-3H3. The van der Waals surface area contributed by atoms with E-state index in [9.17, 15) is 0 Å². The van der Waals surface area contributed by atoms with Crippen molar-refractivity contribution in [1.29, 1.82) is 0 Å². The Morgan fingerprint density at radius 1 is 1.26 bits per heavy atom. The van der Waals surface area contributed by atoms with Crippen LogP contribution in [0.5, 0.6) is 5.75 Å². The average molecular weight is 331 g/mol. The number of aromatic nitrogens is 4. The van der Waals surface area contributed by atoms with Crippen molar-refractivity contribution < 1.29 is 9.42 Å². The van der Waals surface area contributed by atoms with Crippen molar-refractivity contribution in [2.75, 3.05) is 19.0 Å². The molecule has 0 radical (unpaired) electrons. The summed E-state index contributed by atoms with van der Waals surface area (Å²) in [6.45, 7) is 1.99. The molecular formula is C15H18N5O2P. The minimum atomic E-state index is -0.545. The van der Waals surface area contributed by atoms with Gasteiger partial charge in [0.25, 0.3) is 5.78 Å². The Morgan fingerprint density at radius 3 is 2.65 bits per heavy atom. The van der Waals surface area contributed by atoms with Crippen LogP contribution in [0, 0.1) is 6.92 Å². The van der Waals surface area contributed by atoms with Gasteiger partial charge in [0.1, 0.15) is 17.9 Å². The first kappa shape index (κ1) is 15.6. The fourth-order valence-electron chi connectivity index (χ4n) is 2.57. The van der Waals surface area contributed by atoms with Gasteiger partial charge in [-0.15, -0.1) is 0 Å². The first-order chi connectivity index (χ1) is 11.1. The minimum Gasteiger partial charge on any atom is -0.450 e. The molecule has 2 aromatic heterocycles. The highest BCUT2D eigenvalue weighted by molar-refractivity contribution is 7.25. The molecule has 0 amide bonds. The van der Waals surface area contributed by atoms with Crippen molar-refractivity contribution in [3.63, 3.8) is 0 Å². The van der Waals surface area contributed by atoms with E-state index in [1.807, 2.05) is 50.2 Å². The molecule has 0 aliphatic carbocycles. The highest BCUT2D eigenvalue weighted by Gasteiger charge is 2.16. The summed E-state index contributed by atoms with van der Waals surface area (Å²) in [7, 11) is 3.42. The van der Waals surface area contributed by atoms with E-state index in [4.69, 9.17) is 9.42 Å². The van der Waals surface area contributed by atoms with Gasteiger partial charge in [-0.1, -0.05) is 12.1 Å². The third-order valence-corrected chi connectivity index (χ3v) is 3.92. The van der Waals surface area contributed by atoms with Gasteiger partial charge in [-0.2, -0.15) is 14.6 Å². The van der Waals surface area contributed by atoms with Crippen LogP contribution < -0.4 is 9.42 Å². The summed E-state index contributed by atoms with van der Waals surface area (Å²) in [6, 6.07) is 7.68. The van der Waals surface area contributed by atoms with Crippen molar-refractivity contribution in [3.05, 3.63) is 47.4 Å². The van der Waals surface area contributed by atoms with Crippen LogP contribution in [0.1, 0.15) is 16.8 Å². The lowest BCUT2D eigenvalue weighted by atomic mass is 10.0. The van der Waals surface area contributed by atoms with Crippen LogP contribution in [0.25, 0.3) is 5.78 Å². The molecule has 3 rings (SSSR count). The van der Waals surface area contributed by atoms with Gasteiger partial charge in [-0.25, -0.2) is 4.98 Å². The first-order valence-corrected chi connectivity index (χ1v) is 7.97. The predicted molar refractivity (Wildman–Crippen MR) is 90.3 cm³/mol. The predicted octanol–water partition coefficient (Wildman–Crippen LogP) is 1.97. The molecule has 1 N–H and O–H groups in total. The largest absolute Gasteiger partial charge is 0.450 e. The molecule has 3 aromatic rings. The summed E-state index contributed by atoms with van der Waals surface area (Å²) in [5.41, 5.74) is 3.17. The fraction of sp³-hybridized carbons (Fsp3) is 0.267. The van der Waals surface area contributed by atoms with E-state index in [-0.39, 0.29) is 0 Å². The van der Waals surface area contributed by atoms with Gasteiger partial charge in [-0.3, -0.25) is 0 Å². The van der Waals surface area contributed by atoms with Crippen LogP contribution in [0.3, 0.4) is 0 Å². The van der Waals surface area contributed by atoms with Crippen LogP contribution in [0.15, 0.2) is 30.6 Å². The maximum Gasteiger partial charge on any atom is 0.254 e. The molecule has 8 heteroatoms. The quantitative estimate of drug-likeness (QED) is 0.721. The molecule has 0 aliphatic heterocycles.